The second kappa shape index (κ2) is 8.11. The van der Waals surface area contributed by atoms with E-state index in [-0.39, 0.29) is 11.8 Å². The summed E-state index contributed by atoms with van der Waals surface area (Å²) < 4.78 is 0. The van der Waals surface area contributed by atoms with Crippen LogP contribution in [0.1, 0.15) is 59.0 Å². The Bertz CT molecular complexity index is 875. The van der Waals surface area contributed by atoms with Crippen LogP contribution in [0.15, 0.2) is 30.5 Å². The highest BCUT2D eigenvalue weighted by Crippen LogP contribution is 2.27. The normalized spacial score (nSPS) is 21.9. The van der Waals surface area contributed by atoms with Crippen molar-refractivity contribution in [3.05, 3.63) is 53.1 Å². The van der Waals surface area contributed by atoms with Crippen LogP contribution in [-0.4, -0.2) is 53.5 Å². The van der Waals surface area contributed by atoms with Crippen molar-refractivity contribution in [2.24, 2.45) is 0 Å². The summed E-state index contributed by atoms with van der Waals surface area (Å²) in [5, 5.41) is 3.36. The van der Waals surface area contributed by atoms with E-state index in [1.807, 2.05) is 23.2 Å². The highest BCUT2D eigenvalue weighted by molar-refractivity contribution is 5.94. The fourth-order valence-corrected chi connectivity index (χ4v) is 4.75. The van der Waals surface area contributed by atoms with E-state index in [1.165, 1.54) is 36.2 Å². The van der Waals surface area contributed by atoms with E-state index in [2.05, 4.69) is 27.3 Å². The van der Waals surface area contributed by atoms with Gasteiger partial charge in [0.25, 0.3) is 5.91 Å². The highest BCUT2D eigenvalue weighted by atomic mass is 16.2. The summed E-state index contributed by atoms with van der Waals surface area (Å²) in [6, 6.07) is 8.18. The number of aromatic nitrogens is 2. The lowest BCUT2D eigenvalue weighted by atomic mass is 10.1. The van der Waals surface area contributed by atoms with E-state index in [9.17, 15) is 4.79 Å². The van der Waals surface area contributed by atoms with Crippen molar-refractivity contribution >= 4 is 11.6 Å². The van der Waals surface area contributed by atoms with Crippen LogP contribution in [0.4, 0.5) is 5.69 Å². The first-order chi connectivity index (χ1) is 14.3. The molecule has 0 bridgehead atoms. The van der Waals surface area contributed by atoms with Crippen LogP contribution in [0, 0.1) is 0 Å². The first-order valence-corrected chi connectivity index (χ1v) is 11.0. The van der Waals surface area contributed by atoms with Crippen LogP contribution < -0.4 is 10.2 Å². The largest absolute Gasteiger partial charge is 0.372 e. The van der Waals surface area contributed by atoms with Gasteiger partial charge < -0.3 is 15.1 Å². The zero-order valence-electron chi connectivity index (χ0n) is 16.9. The molecule has 6 heteroatoms. The first kappa shape index (κ1) is 18.6. The molecule has 2 fully saturated rings. The minimum Gasteiger partial charge on any atom is -0.372 e. The standard InChI is InChI=1S/C23H29N5O/c29-23(17-4-6-20(7-5-17)27-11-2-1-3-12-27)28-13-9-18(16-28)22-25-15-19-14-24-10-8-21(19)26-22/h4-7,15,18,24H,1-3,8-14,16H2/t18-/m0/s1. The van der Waals surface area contributed by atoms with E-state index in [4.69, 9.17) is 4.98 Å². The van der Waals surface area contributed by atoms with Crippen LogP contribution in [0.2, 0.25) is 0 Å². The van der Waals surface area contributed by atoms with Crippen molar-refractivity contribution in [2.45, 2.75) is 44.6 Å². The average molecular weight is 392 g/mol. The quantitative estimate of drug-likeness (QED) is 0.872. The van der Waals surface area contributed by atoms with Gasteiger partial charge in [0.15, 0.2) is 0 Å². The summed E-state index contributed by atoms with van der Waals surface area (Å²) in [7, 11) is 0. The number of benzene rings is 1. The predicted molar refractivity (Wildman–Crippen MR) is 113 cm³/mol. The van der Waals surface area contributed by atoms with Gasteiger partial charge in [-0.05, 0) is 49.9 Å². The SMILES string of the molecule is O=C(c1ccc(N2CCCCC2)cc1)N1CC[C@H](c2ncc3c(n2)CCNC3)C1. The Morgan fingerprint density at radius 1 is 1.07 bits per heavy atom. The molecule has 4 heterocycles. The lowest BCUT2D eigenvalue weighted by molar-refractivity contribution is 0.0790. The molecular weight excluding hydrogens is 362 g/mol. The number of carbonyl (C=O) groups is 1. The molecule has 1 aromatic carbocycles. The van der Waals surface area contributed by atoms with Crippen molar-refractivity contribution in [3.8, 4) is 0 Å². The maximum atomic E-state index is 13.0. The lowest BCUT2D eigenvalue weighted by Crippen LogP contribution is -2.30. The number of carbonyl (C=O) groups excluding carboxylic acids is 1. The number of piperidine rings is 1. The lowest BCUT2D eigenvalue weighted by Gasteiger charge is -2.29. The molecule has 6 nitrogen and oxygen atoms in total. The number of hydrogen-bond acceptors (Lipinski definition) is 5. The fraction of sp³-hybridized carbons (Fsp3) is 0.522. The van der Waals surface area contributed by atoms with E-state index in [1.54, 1.807) is 0 Å². The van der Waals surface area contributed by atoms with Gasteiger partial charge in [-0.3, -0.25) is 4.79 Å². The maximum Gasteiger partial charge on any atom is 0.253 e. The number of nitrogens with one attached hydrogen (secondary N) is 1. The summed E-state index contributed by atoms with van der Waals surface area (Å²) >= 11 is 0. The number of hydrogen-bond donors (Lipinski definition) is 1. The van der Waals surface area contributed by atoms with Gasteiger partial charge in [-0.1, -0.05) is 0 Å². The number of likely N-dealkylation sites (tertiary alicyclic amines) is 1. The molecule has 3 aliphatic heterocycles. The van der Waals surface area contributed by atoms with Gasteiger partial charge in [-0.2, -0.15) is 0 Å². The third-order valence-electron chi connectivity index (χ3n) is 6.50. The van der Waals surface area contributed by atoms with Gasteiger partial charge in [-0.25, -0.2) is 9.97 Å². The highest BCUT2D eigenvalue weighted by Gasteiger charge is 2.30. The number of nitrogens with zero attached hydrogens (tertiary/aromatic N) is 4. The van der Waals surface area contributed by atoms with E-state index >= 15 is 0 Å². The van der Waals surface area contributed by atoms with Crippen molar-refractivity contribution in [3.63, 3.8) is 0 Å². The minimum atomic E-state index is 0.125. The van der Waals surface area contributed by atoms with E-state index in [0.717, 1.165) is 57.0 Å². The van der Waals surface area contributed by atoms with Crippen molar-refractivity contribution in [1.29, 1.82) is 0 Å². The number of rotatable bonds is 3. The molecule has 2 aromatic rings. The first-order valence-electron chi connectivity index (χ1n) is 11.0. The monoisotopic (exact) mass is 391 g/mol. The molecule has 0 aliphatic carbocycles. The molecule has 5 rings (SSSR count). The Balaban J connectivity index is 1.24. The second-order valence-electron chi connectivity index (χ2n) is 8.46. The molecule has 1 amide bonds. The maximum absolute atomic E-state index is 13.0. The van der Waals surface area contributed by atoms with Gasteiger partial charge in [0.1, 0.15) is 5.82 Å². The van der Waals surface area contributed by atoms with Gasteiger partial charge in [0.05, 0.1) is 0 Å². The van der Waals surface area contributed by atoms with Crippen LogP contribution in [0.3, 0.4) is 0 Å². The molecule has 0 unspecified atom stereocenters. The predicted octanol–water partition coefficient (Wildman–Crippen LogP) is 2.74. The van der Waals surface area contributed by atoms with Crippen LogP contribution in [0.25, 0.3) is 0 Å². The summed E-state index contributed by atoms with van der Waals surface area (Å²) in [5.74, 6) is 1.27. The zero-order valence-corrected chi connectivity index (χ0v) is 16.9. The van der Waals surface area contributed by atoms with E-state index in [0.29, 0.717) is 6.54 Å². The molecule has 3 aliphatic rings. The van der Waals surface area contributed by atoms with Gasteiger partial charge in [0, 0.05) is 80.3 Å². The molecule has 2 saturated heterocycles. The molecule has 0 saturated carbocycles. The summed E-state index contributed by atoms with van der Waals surface area (Å²) in [4.78, 5) is 26.8. The molecule has 29 heavy (non-hydrogen) atoms. The average Bonchev–Trinajstić information content (AvgIpc) is 3.29. The smallest absolute Gasteiger partial charge is 0.253 e. The van der Waals surface area contributed by atoms with Crippen LogP contribution in [0.5, 0.6) is 0 Å². The Labute approximate surface area is 172 Å². The van der Waals surface area contributed by atoms with Crippen molar-refractivity contribution < 1.29 is 4.79 Å². The molecule has 1 N–H and O–H groups in total. The number of fused-ring (bicyclic) bond motifs is 1. The number of anilines is 1. The Morgan fingerprint density at radius 3 is 2.72 bits per heavy atom. The molecule has 0 spiro atoms. The van der Waals surface area contributed by atoms with Crippen molar-refractivity contribution in [2.75, 3.05) is 37.6 Å². The summed E-state index contributed by atoms with van der Waals surface area (Å²) in [6.07, 6.45) is 7.72. The summed E-state index contributed by atoms with van der Waals surface area (Å²) in [6.45, 7) is 5.57. The second-order valence-corrected chi connectivity index (χ2v) is 8.46. The Hall–Kier alpha value is -2.47. The molecular formula is C23H29N5O. The molecule has 1 atom stereocenters. The van der Waals surface area contributed by atoms with Gasteiger partial charge in [0.2, 0.25) is 0 Å². The van der Waals surface area contributed by atoms with E-state index < -0.39 is 0 Å². The molecule has 0 radical (unpaired) electrons. The minimum absolute atomic E-state index is 0.125. The zero-order chi connectivity index (χ0) is 19.6. The molecule has 152 valence electrons. The Morgan fingerprint density at radius 2 is 1.90 bits per heavy atom. The van der Waals surface area contributed by atoms with Gasteiger partial charge in [-0.15, -0.1) is 0 Å². The number of amides is 1. The fourth-order valence-electron chi connectivity index (χ4n) is 4.75. The Kier molecular flexibility index (Phi) is 5.19. The van der Waals surface area contributed by atoms with Gasteiger partial charge >= 0.3 is 0 Å². The van der Waals surface area contributed by atoms with Crippen LogP contribution >= 0.6 is 0 Å². The third-order valence-corrected chi connectivity index (χ3v) is 6.50. The topological polar surface area (TPSA) is 61.4 Å². The van der Waals surface area contributed by atoms with Crippen molar-refractivity contribution in [1.82, 2.24) is 20.2 Å². The van der Waals surface area contributed by atoms with Crippen LogP contribution in [-0.2, 0) is 13.0 Å². The third kappa shape index (κ3) is 3.86. The molecule has 1 aromatic heterocycles. The summed E-state index contributed by atoms with van der Waals surface area (Å²) in [5.41, 5.74) is 4.40.